The van der Waals surface area contributed by atoms with Gasteiger partial charge in [0.05, 0.1) is 18.9 Å². The number of aliphatic hydroxyl groups excluding tert-OH is 1. The van der Waals surface area contributed by atoms with E-state index < -0.39 is 11.9 Å². The second-order valence-corrected chi connectivity index (χ2v) is 7.14. The van der Waals surface area contributed by atoms with E-state index >= 15 is 0 Å². The maximum atomic E-state index is 10.7. The summed E-state index contributed by atoms with van der Waals surface area (Å²) in [6.07, 6.45) is 2.37. The van der Waals surface area contributed by atoms with Gasteiger partial charge in [-0.15, -0.1) is 11.7 Å². The Balaban J connectivity index is 1.94. The molecule has 2 saturated heterocycles. The Morgan fingerprint density at radius 1 is 1.59 bits per heavy atom. The normalized spacial score (nSPS) is 37.5. The molecule has 2 aliphatic heterocycles. The first-order valence-corrected chi connectivity index (χ1v) is 8.32. The van der Waals surface area contributed by atoms with Crippen LogP contribution in [0.2, 0.25) is 0 Å². The first-order valence-electron chi connectivity index (χ1n) is 7.25. The van der Waals surface area contributed by atoms with Crippen molar-refractivity contribution in [1.29, 1.82) is 0 Å². The lowest BCUT2D eigenvalue weighted by Gasteiger charge is -2.50. The van der Waals surface area contributed by atoms with Crippen molar-refractivity contribution in [3.05, 3.63) is 22.6 Å². The molecule has 0 radical (unpaired) electrons. The molecule has 22 heavy (non-hydrogen) atoms. The summed E-state index contributed by atoms with van der Waals surface area (Å²) in [5.74, 6) is -0.721. The molecule has 3 rings (SSSR count). The van der Waals surface area contributed by atoms with Gasteiger partial charge in [0.15, 0.2) is 5.79 Å². The van der Waals surface area contributed by atoms with Crippen LogP contribution < -0.4 is 0 Å². The largest absolute Gasteiger partial charge is 0.388 e. The number of aromatic nitrogens is 3. The topological polar surface area (TPSA) is 78.6 Å². The van der Waals surface area contributed by atoms with Gasteiger partial charge in [0.1, 0.15) is 28.1 Å². The van der Waals surface area contributed by atoms with Crippen molar-refractivity contribution >= 4 is 22.6 Å². The van der Waals surface area contributed by atoms with Crippen molar-refractivity contribution < 1.29 is 19.3 Å². The van der Waals surface area contributed by atoms with E-state index in [4.69, 9.17) is 14.2 Å². The number of hydrogen-bond acceptors (Lipinski definition) is 6. The Bertz CT molecular complexity index is 550. The minimum absolute atomic E-state index is 0.256. The van der Waals surface area contributed by atoms with Gasteiger partial charge < -0.3 is 19.3 Å². The van der Waals surface area contributed by atoms with Crippen molar-refractivity contribution in [1.82, 2.24) is 15.0 Å². The Morgan fingerprint density at radius 3 is 3.00 bits per heavy atom. The first-order chi connectivity index (χ1) is 10.4. The van der Waals surface area contributed by atoms with Crippen LogP contribution in [-0.4, -0.2) is 56.9 Å². The molecule has 2 fully saturated rings. The average Bonchev–Trinajstić information content (AvgIpc) is 2.86. The van der Waals surface area contributed by atoms with Gasteiger partial charge >= 0.3 is 0 Å². The van der Waals surface area contributed by atoms with Gasteiger partial charge in [-0.2, -0.15) is 0 Å². The van der Waals surface area contributed by atoms with Gasteiger partial charge in [-0.05, 0) is 42.9 Å². The van der Waals surface area contributed by atoms with Gasteiger partial charge in [-0.25, -0.2) is 4.68 Å². The lowest BCUT2D eigenvalue weighted by molar-refractivity contribution is -0.348. The number of halogens is 1. The molecule has 1 aromatic heterocycles. The fraction of sp³-hybridized carbons (Fsp3) is 0.714. The van der Waals surface area contributed by atoms with Crippen LogP contribution in [0, 0.1) is 3.70 Å². The van der Waals surface area contributed by atoms with Crippen LogP contribution in [0.25, 0.3) is 0 Å². The molecule has 1 aromatic rings. The highest BCUT2D eigenvalue weighted by Gasteiger charge is 2.51. The molecule has 0 aromatic carbocycles. The fourth-order valence-corrected chi connectivity index (χ4v) is 3.39. The molecular formula is C14H20IN3O4. The standard InChI is InChI=1S/C14H20IN3O4/c1-4-5-8-12(19)11(18-6-10(15)16-17-18)13-9(21-8)7-20-14(2,3)22-13/h4,6,8-9,11-13,19H,1,5,7H2,2-3H3/t8-,9-,11-,12+,13+/m1/s1. The highest BCUT2D eigenvalue weighted by molar-refractivity contribution is 14.1. The van der Waals surface area contributed by atoms with E-state index in [1.54, 1.807) is 17.0 Å². The molecule has 0 saturated carbocycles. The van der Waals surface area contributed by atoms with Gasteiger partial charge in [0, 0.05) is 0 Å². The highest BCUT2D eigenvalue weighted by Crippen LogP contribution is 2.38. The van der Waals surface area contributed by atoms with Crippen LogP contribution in [0.1, 0.15) is 26.3 Å². The molecule has 0 spiro atoms. The lowest BCUT2D eigenvalue weighted by atomic mass is 9.90. The fourth-order valence-electron chi connectivity index (χ4n) is 3.01. The zero-order chi connectivity index (χ0) is 15.9. The summed E-state index contributed by atoms with van der Waals surface area (Å²) >= 11 is 2.09. The van der Waals surface area contributed by atoms with Crippen molar-refractivity contribution in [2.75, 3.05) is 6.61 Å². The minimum Gasteiger partial charge on any atom is -0.388 e. The number of ether oxygens (including phenoxy) is 3. The van der Waals surface area contributed by atoms with Crippen molar-refractivity contribution in [3.63, 3.8) is 0 Å². The molecular weight excluding hydrogens is 401 g/mol. The van der Waals surface area contributed by atoms with Crippen LogP contribution in [0.3, 0.4) is 0 Å². The Hall–Kier alpha value is -0.550. The third-order valence-corrected chi connectivity index (χ3v) is 4.48. The summed E-state index contributed by atoms with van der Waals surface area (Å²) < 4.78 is 20.1. The number of fused-ring (bicyclic) bond motifs is 1. The van der Waals surface area contributed by atoms with Crippen LogP contribution >= 0.6 is 22.6 Å². The van der Waals surface area contributed by atoms with E-state index in [9.17, 15) is 5.11 Å². The van der Waals surface area contributed by atoms with Gasteiger partial charge in [-0.3, -0.25) is 0 Å². The maximum Gasteiger partial charge on any atom is 0.163 e. The van der Waals surface area contributed by atoms with E-state index in [-0.39, 0.29) is 24.4 Å². The average molecular weight is 421 g/mol. The van der Waals surface area contributed by atoms with Gasteiger partial charge in [0.2, 0.25) is 0 Å². The molecule has 1 N–H and O–H groups in total. The summed E-state index contributed by atoms with van der Waals surface area (Å²) in [6, 6.07) is -0.372. The van der Waals surface area contributed by atoms with Crippen LogP contribution in [-0.2, 0) is 14.2 Å². The predicted molar refractivity (Wildman–Crippen MR) is 86.2 cm³/mol. The molecule has 8 heteroatoms. The van der Waals surface area contributed by atoms with Crippen molar-refractivity contribution in [3.8, 4) is 0 Å². The molecule has 0 unspecified atom stereocenters. The summed E-state index contributed by atoms with van der Waals surface area (Å²) in [5.41, 5.74) is 0. The molecule has 0 amide bonds. The maximum absolute atomic E-state index is 10.7. The van der Waals surface area contributed by atoms with E-state index in [1.807, 2.05) is 13.8 Å². The summed E-state index contributed by atoms with van der Waals surface area (Å²) in [4.78, 5) is 0. The second kappa shape index (κ2) is 6.16. The van der Waals surface area contributed by atoms with E-state index in [0.29, 0.717) is 13.0 Å². The zero-order valence-corrected chi connectivity index (χ0v) is 14.7. The summed E-state index contributed by atoms with van der Waals surface area (Å²) in [6.45, 7) is 7.86. The van der Waals surface area contributed by atoms with E-state index in [2.05, 4.69) is 39.5 Å². The Morgan fingerprint density at radius 2 is 2.36 bits per heavy atom. The summed E-state index contributed by atoms with van der Waals surface area (Å²) in [7, 11) is 0. The monoisotopic (exact) mass is 421 g/mol. The smallest absolute Gasteiger partial charge is 0.163 e. The van der Waals surface area contributed by atoms with Crippen molar-refractivity contribution in [2.45, 2.75) is 56.5 Å². The number of hydrogen-bond donors (Lipinski definition) is 1. The molecule has 7 nitrogen and oxygen atoms in total. The molecule has 5 atom stereocenters. The summed E-state index contributed by atoms with van der Waals surface area (Å²) in [5, 5.41) is 18.9. The minimum atomic E-state index is -0.759. The number of nitrogens with zero attached hydrogens (tertiary/aromatic N) is 3. The second-order valence-electron chi connectivity index (χ2n) is 6.03. The van der Waals surface area contributed by atoms with Crippen LogP contribution in [0.15, 0.2) is 18.9 Å². The molecule has 122 valence electrons. The first kappa shape index (κ1) is 16.3. The van der Waals surface area contributed by atoms with Crippen LogP contribution in [0.5, 0.6) is 0 Å². The molecule has 0 bridgehead atoms. The Labute approximate surface area is 142 Å². The zero-order valence-electron chi connectivity index (χ0n) is 12.6. The molecule has 2 aliphatic rings. The SMILES string of the molecule is C=CC[C@H]1O[C@@H]2COC(C)(C)O[C@@H]2[C@H](n2cc(I)nn2)[C@H]1O. The van der Waals surface area contributed by atoms with Crippen LogP contribution in [0.4, 0.5) is 0 Å². The number of rotatable bonds is 3. The molecule has 3 heterocycles. The quantitative estimate of drug-likeness (QED) is 0.586. The Kier molecular flexibility index (Phi) is 4.56. The third kappa shape index (κ3) is 3.07. The van der Waals surface area contributed by atoms with Gasteiger partial charge in [0.25, 0.3) is 0 Å². The third-order valence-electron chi connectivity index (χ3n) is 3.99. The van der Waals surface area contributed by atoms with E-state index in [0.717, 1.165) is 3.70 Å². The van der Waals surface area contributed by atoms with E-state index in [1.165, 1.54) is 0 Å². The van der Waals surface area contributed by atoms with Crippen molar-refractivity contribution in [2.24, 2.45) is 0 Å². The van der Waals surface area contributed by atoms with Gasteiger partial charge in [-0.1, -0.05) is 11.3 Å². The highest BCUT2D eigenvalue weighted by atomic mass is 127. The predicted octanol–water partition coefficient (Wildman–Crippen LogP) is 1.28. The number of aliphatic hydroxyl groups is 1. The lowest BCUT2D eigenvalue weighted by Crippen LogP contribution is -2.62. The molecule has 0 aliphatic carbocycles.